The number of nitriles is 1. The number of rotatable bonds is 5. The Balaban J connectivity index is 1.34. The highest BCUT2D eigenvalue weighted by Crippen LogP contribution is 2.35. The largest absolute Gasteiger partial charge is 0.368 e. The lowest BCUT2D eigenvalue weighted by Crippen LogP contribution is -2.41. The van der Waals surface area contributed by atoms with E-state index in [1.54, 1.807) is 31.2 Å². The molecule has 0 spiro atoms. The van der Waals surface area contributed by atoms with Crippen LogP contribution in [0.1, 0.15) is 57.1 Å². The first-order chi connectivity index (χ1) is 18.8. The van der Waals surface area contributed by atoms with E-state index >= 15 is 0 Å². The number of amides is 2. The maximum atomic E-state index is 13.1. The van der Waals surface area contributed by atoms with Gasteiger partial charge in [-0.05, 0) is 44.5 Å². The predicted octanol–water partition coefficient (Wildman–Crippen LogP) is 3.17. The summed E-state index contributed by atoms with van der Waals surface area (Å²) in [5.74, 6) is -0.0543. The maximum absolute atomic E-state index is 13.1. The van der Waals surface area contributed by atoms with Crippen LogP contribution >= 0.6 is 0 Å². The van der Waals surface area contributed by atoms with Gasteiger partial charge >= 0.3 is 0 Å². The van der Waals surface area contributed by atoms with Crippen LogP contribution in [0.25, 0.3) is 11.0 Å². The molecular weight excluding hydrogens is 494 g/mol. The molecule has 196 valence electrons. The number of fused-ring (bicyclic) bond motifs is 2. The van der Waals surface area contributed by atoms with E-state index in [0.29, 0.717) is 47.7 Å². The second kappa shape index (κ2) is 9.09. The van der Waals surface area contributed by atoms with Crippen molar-refractivity contribution in [2.75, 3.05) is 29.0 Å². The highest BCUT2D eigenvalue weighted by molar-refractivity contribution is 6.21. The predicted molar refractivity (Wildman–Crippen MR) is 146 cm³/mol. The number of benzene rings is 1. The summed E-state index contributed by atoms with van der Waals surface area (Å²) in [5.41, 5.74) is 11.1. The number of carbonyl (C=O) groups excluding carboxylic acids is 2. The molecule has 0 radical (unpaired) electrons. The number of nitrogens with zero attached hydrogens (tertiary/aromatic N) is 7. The zero-order chi connectivity index (χ0) is 27.4. The minimum Gasteiger partial charge on any atom is -0.368 e. The van der Waals surface area contributed by atoms with Crippen LogP contribution in [0.5, 0.6) is 0 Å². The van der Waals surface area contributed by atoms with E-state index in [9.17, 15) is 14.9 Å². The van der Waals surface area contributed by atoms with Crippen LogP contribution in [0.15, 0.2) is 42.6 Å². The molecule has 6 rings (SSSR count). The number of imide groups is 1. The number of nitrogens with one attached hydrogen (secondary N) is 1. The zero-order valence-electron chi connectivity index (χ0n) is 21.8. The number of hydrogen-bond acceptors (Lipinski definition) is 9. The molecule has 0 saturated carbocycles. The number of hydrogen-bond donors (Lipinski definition) is 2. The number of aryl methyl sites for hydroxylation is 2. The molecule has 11 nitrogen and oxygen atoms in total. The third-order valence-corrected chi connectivity index (χ3v) is 7.55. The smallest absolute Gasteiger partial charge is 0.261 e. The van der Waals surface area contributed by atoms with Crippen molar-refractivity contribution in [1.82, 2.24) is 24.4 Å². The van der Waals surface area contributed by atoms with Gasteiger partial charge in [0.25, 0.3) is 11.8 Å². The first kappa shape index (κ1) is 24.4. The summed E-state index contributed by atoms with van der Waals surface area (Å²) in [6.45, 7) is 4.81. The standard InChI is InChI=1S/C28H27N9O2/c1-15-20(13-29)25(34-28(30)32-15)31-16(2)24-23(12-22-21(33-24)9-10-35(22)3)36-11-8-17(14-36)37-26(38)18-6-4-5-7-19(18)27(37)39/h4-7,9-10,12,16-17H,8,11,14H2,1-3H3,(H3,30,31,32,34)/t16-,17-/m0/s1. The Bertz CT molecular complexity index is 1670. The summed E-state index contributed by atoms with van der Waals surface area (Å²) in [7, 11) is 1.96. The highest BCUT2D eigenvalue weighted by atomic mass is 16.2. The number of anilines is 3. The van der Waals surface area contributed by atoms with E-state index in [1.165, 1.54) is 4.90 Å². The van der Waals surface area contributed by atoms with Gasteiger partial charge in [0.2, 0.25) is 5.95 Å². The van der Waals surface area contributed by atoms with Crippen LogP contribution < -0.4 is 16.0 Å². The van der Waals surface area contributed by atoms with Crippen molar-refractivity contribution < 1.29 is 9.59 Å². The monoisotopic (exact) mass is 521 g/mol. The van der Waals surface area contributed by atoms with Crippen molar-refractivity contribution in [1.29, 1.82) is 5.26 Å². The quantitative estimate of drug-likeness (QED) is 0.378. The third-order valence-electron chi connectivity index (χ3n) is 7.55. The van der Waals surface area contributed by atoms with Gasteiger partial charge in [0.05, 0.1) is 51.3 Å². The Labute approximate surface area is 224 Å². The zero-order valence-corrected chi connectivity index (χ0v) is 21.8. The Hall–Kier alpha value is -4.98. The second-order valence-corrected chi connectivity index (χ2v) is 10.0. The van der Waals surface area contributed by atoms with Crippen LogP contribution in [0.4, 0.5) is 17.5 Å². The molecule has 3 N–H and O–H groups in total. The minimum atomic E-state index is -0.344. The summed E-state index contributed by atoms with van der Waals surface area (Å²) < 4.78 is 2.01. The van der Waals surface area contributed by atoms with E-state index in [-0.39, 0.29) is 29.8 Å². The molecule has 0 bridgehead atoms. The van der Waals surface area contributed by atoms with Crippen molar-refractivity contribution in [3.05, 3.63) is 70.7 Å². The van der Waals surface area contributed by atoms with Gasteiger partial charge in [-0.3, -0.25) is 14.5 Å². The number of nitrogen functional groups attached to an aromatic ring is 1. The fraction of sp³-hybridized carbons (Fsp3) is 0.286. The summed E-state index contributed by atoms with van der Waals surface area (Å²) in [6, 6.07) is 12.6. The molecule has 2 aliphatic rings. The average Bonchev–Trinajstić information content (AvgIpc) is 3.60. The van der Waals surface area contributed by atoms with Crippen molar-refractivity contribution in [2.24, 2.45) is 7.05 Å². The number of pyridine rings is 1. The van der Waals surface area contributed by atoms with E-state index in [0.717, 1.165) is 22.4 Å². The first-order valence-electron chi connectivity index (χ1n) is 12.8. The normalized spacial score (nSPS) is 17.5. The van der Waals surface area contributed by atoms with Crippen LogP contribution in [-0.4, -0.2) is 55.4 Å². The first-order valence-corrected chi connectivity index (χ1v) is 12.8. The van der Waals surface area contributed by atoms with E-state index in [2.05, 4.69) is 32.3 Å². The fourth-order valence-corrected chi connectivity index (χ4v) is 5.58. The maximum Gasteiger partial charge on any atom is 0.261 e. The molecule has 1 aromatic carbocycles. The molecule has 2 amide bonds. The second-order valence-electron chi connectivity index (χ2n) is 10.0. The van der Waals surface area contributed by atoms with Crippen molar-refractivity contribution in [3.63, 3.8) is 0 Å². The van der Waals surface area contributed by atoms with Gasteiger partial charge in [-0.15, -0.1) is 0 Å². The van der Waals surface area contributed by atoms with E-state index in [1.807, 2.05) is 30.8 Å². The Kier molecular flexibility index (Phi) is 5.68. The van der Waals surface area contributed by atoms with Gasteiger partial charge in [0.15, 0.2) is 0 Å². The molecule has 1 saturated heterocycles. The molecular formula is C28H27N9O2. The van der Waals surface area contributed by atoms with Gasteiger partial charge in [-0.1, -0.05) is 12.1 Å². The molecule has 3 aromatic heterocycles. The molecule has 0 aliphatic carbocycles. The van der Waals surface area contributed by atoms with E-state index < -0.39 is 0 Å². The molecule has 0 unspecified atom stereocenters. The van der Waals surface area contributed by atoms with E-state index in [4.69, 9.17) is 10.7 Å². The molecule has 1 fully saturated rings. The lowest BCUT2D eigenvalue weighted by Gasteiger charge is -2.27. The fourth-order valence-electron chi connectivity index (χ4n) is 5.58. The molecule has 2 atom stereocenters. The van der Waals surface area contributed by atoms with Gasteiger partial charge in [0.1, 0.15) is 17.5 Å². The van der Waals surface area contributed by atoms with Crippen LogP contribution in [0.3, 0.4) is 0 Å². The van der Waals surface area contributed by atoms with Gasteiger partial charge in [-0.25, -0.2) is 9.97 Å². The Morgan fingerprint density at radius 3 is 2.54 bits per heavy atom. The molecule has 39 heavy (non-hydrogen) atoms. The lowest BCUT2D eigenvalue weighted by molar-refractivity contribution is 0.0598. The molecule has 2 aliphatic heterocycles. The molecule has 11 heteroatoms. The van der Waals surface area contributed by atoms with Crippen molar-refractivity contribution in [2.45, 2.75) is 32.4 Å². The summed E-state index contributed by atoms with van der Waals surface area (Å²) in [6.07, 6.45) is 2.61. The summed E-state index contributed by atoms with van der Waals surface area (Å²) in [4.78, 5) is 43.2. The third kappa shape index (κ3) is 3.92. The van der Waals surface area contributed by atoms with Crippen LogP contribution in [0.2, 0.25) is 0 Å². The Morgan fingerprint density at radius 2 is 1.85 bits per heavy atom. The van der Waals surface area contributed by atoms with Gasteiger partial charge in [0, 0.05) is 26.3 Å². The minimum absolute atomic E-state index is 0.0798. The van der Waals surface area contributed by atoms with Crippen LogP contribution in [0, 0.1) is 18.3 Å². The SMILES string of the molecule is Cc1nc(N)nc(N[C@@H](C)c2nc3ccn(C)c3cc2N2CC[C@H](N3C(=O)c4ccccc4C3=O)C2)c1C#N. The number of nitrogens with two attached hydrogens (primary N) is 1. The van der Waals surface area contributed by atoms with Crippen molar-refractivity contribution in [3.8, 4) is 6.07 Å². The topological polar surface area (TPSA) is 146 Å². The number of carbonyl (C=O) groups is 2. The number of aromatic nitrogens is 4. The van der Waals surface area contributed by atoms with Gasteiger partial charge in [-0.2, -0.15) is 10.2 Å². The molecule has 4 aromatic rings. The summed E-state index contributed by atoms with van der Waals surface area (Å²) in [5, 5.41) is 13.0. The molecule has 5 heterocycles. The average molecular weight is 522 g/mol. The highest BCUT2D eigenvalue weighted by Gasteiger charge is 2.42. The van der Waals surface area contributed by atoms with Crippen LogP contribution in [-0.2, 0) is 7.05 Å². The Morgan fingerprint density at radius 1 is 1.13 bits per heavy atom. The van der Waals surface area contributed by atoms with Gasteiger partial charge < -0.3 is 20.5 Å². The van der Waals surface area contributed by atoms with Crippen molar-refractivity contribution >= 4 is 40.3 Å². The lowest BCUT2D eigenvalue weighted by atomic mass is 10.1. The summed E-state index contributed by atoms with van der Waals surface area (Å²) >= 11 is 0.